The molecule has 0 spiro atoms. The van der Waals surface area contributed by atoms with Crippen molar-refractivity contribution in [2.24, 2.45) is 5.73 Å². The van der Waals surface area contributed by atoms with Crippen molar-refractivity contribution in [3.05, 3.63) is 282 Å². The predicted octanol–water partition coefficient (Wildman–Crippen LogP) is 8.75. The van der Waals surface area contributed by atoms with Gasteiger partial charge in [-0.1, -0.05) is 206 Å². The third-order valence-corrected chi connectivity index (χ3v) is 23.4. The van der Waals surface area contributed by atoms with E-state index < -0.39 is 21.9 Å². The number of aryl methyl sites for hydroxylation is 1. The second-order valence-corrected chi connectivity index (χ2v) is 33.3. The number of ether oxygens (including phenoxy) is 1. The van der Waals surface area contributed by atoms with Gasteiger partial charge in [0.15, 0.2) is 0 Å². The molecule has 0 atom stereocenters. The van der Waals surface area contributed by atoms with Gasteiger partial charge in [-0.15, -0.1) is 55.3 Å². The van der Waals surface area contributed by atoms with E-state index in [2.05, 4.69) is 91.0 Å². The summed E-state index contributed by atoms with van der Waals surface area (Å²) in [5, 5.41) is 41.6. The Balaban J connectivity index is 0.000000233. The molecular formula is C110H116N11NaO16S. The van der Waals surface area contributed by atoms with E-state index in [1.165, 1.54) is 19.2 Å². The molecule has 10 aromatic carbocycles. The SMILES string of the molecule is C#CCCN(C)CCO.C#CCCN(C)CCn1cc(C(=O)C(=O)OC)c2ccccc21.C#CCCN(C)CCn1cc(C2=C(c3cccc4ccccc34)C(=O)NC2=O)c2ccccc21.C#CCCOS(=O)(=O)c1ccc(C)cc1.CC#CCN(C)CCn1cc(C2=C(c3cccc4ccccc34)C(=O)NC2=O)c2ccccc21.CNCCO.NC(=O)Cc1cccc2ccccc12.O=CO[O-].[Na+]. The molecule has 0 radical (unpaired) electrons. The molecule has 15 rings (SSSR count). The molecule has 139 heavy (non-hydrogen) atoms. The third-order valence-electron chi connectivity index (χ3n) is 22.0. The number of imide groups is 2. The van der Waals surface area contributed by atoms with Crippen molar-refractivity contribution in [2.75, 3.05) is 121 Å². The number of terminal acetylenes is 4. The van der Waals surface area contributed by atoms with Crippen LogP contribution in [0.25, 0.3) is 87.3 Å². The number of carbonyl (C=O) groups is 8. The van der Waals surface area contributed by atoms with E-state index in [1.54, 1.807) is 25.4 Å². The molecule has 0 fully saturated rings. The van der Waals surface area contributed by atoms with Gasteiger partial charge in [0.1, 0.15) is 0 Å². The van der Waals surface area contributed by atoms with E-state index in [0.29, 0.717) is 73.3 Å². The van der Waals surface area contributed by atoms with Crippen LogP contribution in [0.3, 0.4) is 0 Å². The van der Waals surface area contributed by atoms with E-state index in [1.807, 2.05) is 258 Å². The number of amides is 5. The summed E-state index contributed by atoms with van der Waals surface area (Å²) < 4.78 is 38.6. The average molecular weight is 1900 g/mol. The Morgan fingerprint density at radius 3 is 1.27 bits per heavy atom. The average Bonchev–Trinajstić information content (AvgIpc) is 1.59. The Morgan fingerprint density at radius 2 is 0.863 bits per heavy atom. The van der Waals surface area contributed by atoms with Crippen molar-refractivity contribution < 1.29 is 106 Å². The molecule has 0 aliphatic carbocycles. The number of ketones is 1. The Morgan fingerprint density at radius 1 is 0.489 bits per heavy atom. The van der Waals surface area contributed by atoms with Crippen molar-refractivity contribution >= 4 is 145 Å². The number of hydrogen-bond acceptors (Lipinski definition) is 21. The fraction of sp³-hybridized carbons (Fsp3) is 0.255. The van der Waals surface area contributed by atoms with E-state index in [9.17, 15) is 42.0 Å². The molecule has 13 aromatic rings. The zero-order valence-corrected chi connectivity index (χ0v) is 82.7. The number of aliphatic hydroxyl groups is 2. The normalized spacial score (nSPS) is 11.8. The number of para-hydroxylation sites is 3. The number of aromatic nitrogens is 3. The molecule has 2 aliphatic heterocycles. The van der Waals surface area contributed by atoms with Crippen molar-refractivity contribution in [1.29, 1.82) is 0 Å². The Kier molecular flexibility index (Phi) is 47.0. The summed E-state index contributed by atoms with van der Waals surface area (Å²) in [4.78, 5) is 107. The molecule has 5 amide bonds. The second kappa shape index (κ2) is 58.4. The maximum absolute atomic E-state index is 13.1. The first-order valence-corrected chi connectivity index (χ1v) is 45.8. The van der Waals surface area contributed by atoms with Gasteiger partial charge in [-0.2, -0.15) is 8.42 Å². The van der Waals surface area contributed by atoms with Crippen LogP contribution in [0.1, 0.15) is 76.3 Å². The van der Waals surface area contributed by atoms with Gasteiger partial charge < -0.3 is 64.5 Å². The minimum absolute atomic E-state index is 0. The maximum atomic E-state index is 13.1. The number of likely N-dealkylation sites (N-methyl/N-ethyl adjacent to an activating group) is 5. The zero-order chi connectivity index (χ0) is 100. The van der Waals surface area contributed by atoms with Crippen molar-refractivity contribution in [2.45, 2.75) is 70.5 Å². The van der Waals surface area contributed by atoms with E-state index in [4.69, 9.17) is 55.9 Å². The Bertz CT molecular complexity index is 6840. The summed E-state index contributed by atoms with van der Waals surface area (Å²) in [6.45, 7) is 13.3. The van der Waals surface area contributed by atoms with Crippen molar-refractivity contribution in [1.82, 2.24) is 49.3 Å². The monoisotopic (exact) mass is 1900 g/mol. The quantitative estimate of drug-likeness (QED) is 0.00191. The van der Waals surface area contributed by atoms with Crippen LogP contribution in [0, 0.1) is 68.1 Å². The fourth-order valence-corrected chi connectivity index (χ4v) is 15.9. The third kappa shape index (κ3) is 32.2. The molecule has 27 nitrogen and oxygen atoms in total. The van der Waals surface area contributed by atoms with Crippen LogP contribution in [0.2, 0.25) is 0 Å². The van der Waals surface area contributed by atoms with Crippen LogP contribution < -0.4 is 56.5 Å². The molecule has 0 saturated heterocycles. The molecule has 714 valence electrons. The molecule has 3 aromatic heterocycles. The summed E-state index contributed by atoms with van der Waals surface area (Å²) in [6, 6.07) is 71.5. The molecule has 0 bridgehead atoms. The predicted molar refractivity (Wildman–Crippen MR) is 544 cm³/mol. The number of nitrogens with two attached hydrogens (primary N) is 1. The van der Waals surface area contributed by atoms with Crippen LogP contribution in [-0.4, -0.2) is 221 Å². The van der Waals surface area contributed by atoms with E-state index in [-0.39, 0.29) is 96.7 Å². The van der Waals surface area contributed by atoms with Crippen LogP contribution in [0.5, 0.6) is 0 Å². The van der Waals surface area contributed by atoms with Crippen LogP contribution in [0.15, 0.2) is 248 Å². The van der Waals surface area contributed by atoms with Crippen molar-refractivity contribution in [3.63, 3.8) is 0 Å². The molecule has 0 unspecified atom stereocenters. The number of fused-ring (bicyclic) bond motifs is 6. The fourth-order valence-electron chi connectivity index (χ4n) is 15.0. The summed E-state index contributed by atoms with van der Waals surface area (Å²) in [5.41, 5.74) is 15.3. The number of primary amides is 1. The summed E-state index contributed by atoms with van der Waals surface area (Å²) in [6.07, 6.45) is 29.2. The number of hydrogen-bond donors (Lipinski definition) is 6. The number of Topliss-reactive ketones (excluding diaryl/α,β-unsaturated/α-hetero) is 1. The van der Waals surface area contributed by atoms with E-state index in [0.717, 1.165) is 157 Å². The number of nitrogens with one attached hydrogen (secondary N) is 3. The number of esters is 1. The van der Waals surface area contributed by atoms with E-state index >= 15 is 0 Å². The van der Waals surface area contributed by atoms with Crippen LogP contribution in [-0.2, 0) is 83.5 Å². The van der Waals surface area contributed by atoms with Gasteiger partial charge >= 0.3 is 35.5 Å². The Labute approximate surface area is 834 Å². The van der Waals surface area contributed by atoms with Gasteiger partial charge in [0.25, 0.3) is 46.0 Å². The molecular weight excluding hydrogens is 1790 g/mol. The second-order valence-electron chi connectivity index (χ2n) is 31.7. The topological polar surface area (TPSA) is 352 Å². The molecule has 5 heterocycles. The number of nitrogens with zero attached hydrogens (tertiary/aromatic N) is 7. The number of methoxy groups -OCH3 is 1. The number of aliphatic hydroxyl groups excluding tert-OH is 2. The van der Waals surface area contributed by atoms with Gasteiger partial charge in [-0.3, -0.25) is 53.3 Å². The van der Waals surface area contributed by atoms with Gasteiger partial charge in [0, 0.05) is 160 Å². The summed E-state index contributed by atoms with van der Waals surface area (Å²) in [5.74, 6) is 13.0. The van der Waals surface area contributed by atoms with Crippen LogP contribution in [0.4, 0.5) is 0 Å². The smallest absolute Gasteiger partial charge is 0.662 e. The summed E-state index contributed by atoms with van der Waals surface area (Å²) >= 11 is 0. The van der Waals surface area contributed by atoms with Gasteiger partial charge in [-0.25, -0.2) is 4.79 Å². The number of benzene rings is 10. The molecule has 2 aliphatic rings. The first kappa shape index (κ1) is 112. The van der Waals surface area contributed by atoms with Gasteiger partial charge in [0.05, 0.1) is 72.6 Å². The molecule has 7 N–H and O–H groups in total. The Hall–Kier alpha value is -14.2. The summed E-state index contributed by atoms with van der Waals surface area (Å²) in [7, 11) is 7.40. The first-order chi connectivity index (χ1) is 66.7. The number of rotatable bonds is 33. The van der Waals surface area contributed by atoms with Crippen LogP contribution >= 0.6 is 0 Å². The number of carbonyl (C=O) groups excluding carboxylic acids is 8. The zero-order valence-electron chi connectivity index (χ0n) is 79.8. The minimum Gasteiger partial charge on any atom is -0.662 e. The molecule has 29 heteroatoms. The maximum Gasteiger partial charge on any atom is 1.00 e. The first-order valence-electron chi connectivity index (χ1n) is 44.4. The molecule has 0 saturated carbocycles. The van der Waals surface area contributed by atoms with Gasteiger partial charge in [-0.05, 0) is 128 Å². The van der Waals surface area contributed by atoms with Crippen molar-refractivity contribution in [3.8, 4) is 61.2 Å². The standard InChI is InChI=1S/2C29H25N3O2.C18H20N2O3.C12H11NO.C11H12O3S.C7H13NO.C3H9NO.CH2O3.Na/c2*1-3-4-16-31(2)17-18-32-19-24(22-13-7-8-15-25(22)32)27-26(28(33)30-29(27)34)23-14-9-11-20-10-5-6-12-21(20)23;1-4-5-10-19(2)11-12-20-13-15(17(21)18(22)23-3)14-8-6-7-9-16(14)20;13-12(14)8-10-6-3-5-9-4-1-2-7-11(9)10;1-3-4-9-14-15(12,13)11-7-5-10(2)6-8-11;1-3-4-5-8(2)6-7-9;1-4-2-3-5;2-1-4-3;/h5-15,19H,16-18H2,1-2H3,(H,30,33,34);1,5-15,19H,4,16-18H2,2H3,(H,30,33,34);1,6-9,13H,5,10-12H2,2-3H3;1-7H,8H2,(H2,13,14);1,5-8H,4,9H2,2H3;1,9H,4-7H2,2H3;4-5H,2-3H2,1H3;1,3H;/q;;;;;;;;+1/p-1. The van der Waals surface area contributed by atoms with Gasteiger partial charge in [0.2, 0.25) is 5.91 Å². The minimum atomic E-state index is -3.64. The largest absolute Gasteiger partial charge is 1.00 e.